The fourth-order valence-corrected chi connectivity index (χ4v) is 5.92. The van der Waals surface area contributed by atoms with E-state index >= 15 is 0 Å². The van der Waals surface area contributed by atoms with Crippen LogP contribution in [0.3, 0.4) is 0 Å². The maximum atomic E-state index is 13.0. The van der Waals surface area contributed by atoms with Gasteiger partial charge in [0.05, 0.1) is 15.6 Å². The lowest BCUT2D eigenvalue weighted by Gasteiger charge is -2.35. The summed E-state index contributed by atoms with van der Waals surface area (Å²) in [6.45, 7) is 2.44. The lowest BCUT2D eigenvalue weighted by atomic mass is 9.97. The minimum Gasteiger partial charge on any atom is -0.486 e. The van der Waals surface area contributed by atoms with E-state index in [-0.39, 0.29) is 39.8 Å². The van der Waals surface area contributed by atoms with Crippen molar-refractivity contribution in [2.75, 3.05) is 32.8 Å². The summed E-state index contributed by atoms with van der Waals surface area (Å²) in [6, 6.07) is 7.67. The van der Waals surface area contributed by atoms with Crippen LogP contribution in [0.15, 0.2) is 41.3 Å². The molecule has 0 saturated carbocycles. The van der Waals surface area contributed by atoms with E-state index < -0.39 is 27.9 Å². The highest BCUT2D eigenvalue weighted by molar-refractivity contribution is 7.89. The number of hydrogen-bond donors (Lipinski definition) is 1. The van der Waals surface area contributed by atoms with Gasteiger partial charge in [0.15, 0.2) is 11.5 Å². The molecular formula is C22H23Cl2F3N2O4S. The summed E-state index contributed by atoms with van der Waals surface area (Å²) in [5, 5.41) is 0.161. The van der Waals surface area contributed by atoms with Crippen molar-refractivity contribution >= 4 is 33.2 Å². The number of hydrogen-bond acceptors (Lipinski definition) is 5. The van der Waals surface area contributed by atoms with Crippen molar-refractivity contribution in [1.29, 1.82) is 0 Å². The average Bonchev–Trinajstić information content (AvgIpc) is 2.79. The van der Waals surface area contributed by atoms with E-state index in [1.54, 1.807) is 0 Å². The minimum atomic E-state index is -4.45. The Kier molecular flexibility index (Phi) is 7.54. The molecule has 2 aromatic carbocycles. The molecule has 1 N–H and O–H groups in total. The molecule has 186 valence electrons. The number of rotatable bonds is 6. The first-order valence-corrected chi connectivity index (χ1v) is 12.9. The highest BCUT2D eigenvalue weighted by Gasteiger charge is 2.33. The molecule has 0 aromatic heterocycles. The zero-order valence-corrected chi connectivity index (χ0v) is 20.3. The number of likely N-dealkylation sites (tertiary alicyclic amines) is 1. The highest BCUT2D eigenvalue weighted by atomic mass is 35.5. The van der Waals surface area contributed by atoms with Gasteiger partial charge in [0.25, 0.3) is 0 Å². The Bertz CT molecular complexity index is 1140. The third-order valence-corrected chi connectivity index (χ3v) is 8.32. The lowest BCUT2D eigenvalue weighted by molar-refractivity contribution is -0.137. The zero-order valence-electron chi connectivity index (χ0n) is 17.9. The van der Waals surface area contributed by atoms with Gasteiger partial charge in [-0.25, -0.2) is 13.1 Å². The van der Waals surface area contributed by atoms with Gasteiger partial charge >= 0.3 is 6.18 Å². The van der Waals surface area contributed by atoms with Crippen LogP contribution >= 0.6 is 23.2 Å². The first kappa shape index (κ1) is 25.4. The van der Waals surface area contributed by atoms with Gasteiger partial charge in [-0.2, -0.15) is 13.2 Å². The van der Waals surface area contributed by atoms with Crippen LogP contribution in [0.1, 0.15) is 18.4 Å². The van der Waals surface area contributed by atoms with Gasteiger partial charge in [0.1, 0.15) is 17.6 Å². The molecule has 0 amide bonds. The van der Waals surface area contributed by atoms with E-state index in [9.17, 15) is 21.6 Å². The summed E-state index contributed by atoms with van der Waals surface area (Å²) in [4.78, 5) is 2.09. The van der Waals surface area contributed by atoms with Gasteiger partial charge in [0.2, 0.25) is 10.0 Å². The predicted octanol–water partition coefficient (Wildman–Crippen LogP) is 4.84. The number of alkyl halides is 3. The molecule has 12 heteroatoms. The van der Waals surface area contributed by atoms with Gasteiger partial charge in [-0.3, -0.25) is 4.90 Å². The maximum Gasteiger partial charge on any atom is 0.416 e. The summed E-state index contributed by atoms with van der Waals surface area (Å²) in [5.41, 5.74) is -0.780. The number of fused-ring (bicyclic) bond motifs is 1. The Morgan fingerprint density at radius 3 is 2.53 bits per heavy atom. The second kappa shape index (κ2) is 10.1. The van der Waals surface area contributed by atoms with Gasteiger partial charge < -0.3 is 9.47 Å². The summed E-state index contributed by atoms with van der Waals surface area (Å²) < 4.78 is 78.1. The first-order chi connectivity index (χ1) is 16.0. The number of piperidine rings is 1. The van der Waals surface area contributed by atoms with Gasteiger partial charge in [-0.05, 0) is 62.2 Å². The van der Waals surface area contributed by atoms with E-state index in [1.165, 1.54) is 24.3 Å². The Morgan fingerprint density at radius 1 is 1.09 bits per heavy atom. The van der Waals surface area contributed by atoms with E-state index in [1.807, 2.05) is 0 Å². The molecule has 0 radical (unpaired) electrons. The van der Waals surface area contributed by atoms with E-state index in [4.69, 9.17) is 32.7 Å². The SMILES string of the molecule is O=S(=O)(NCC1CCN(CC2COc3ccc(C(F)(F)F)cc3O2)CC1)c1cccc(Cl)c1Cl. The molecule has 2 aliphatic heterocycles. The van der Waals surface area contributed by atoms with Gasteiger partial charge in [0, 0.05) is 13.1 Å². The number of benzene rings is 2. The van der Waals surface area contributed by atoms with Gasteiger partial charge in [-0.1, -0.05) is 29.3 Å². The molecule has 2 heterocycles. The van der Waals surface area contributed by atoms with Crippen molar-refractivity contribution in [2.24, 2.45) is 5.92 Å². The van der Waals surface area contributed by atoms with E-state index in [0.29, 0.717) is 25.4 Å². The molecule has 4 rings (SSSR count). The molecule has 6 nitrogen and oxygen atoms in total. The topological polar surface area (TPSA) is 67.9 Å². The van der Waals surface area contributed by atoms with E-state index in [0.717, 1.165) is 25.0 Å². The molecule has 2 aliphatic rings. The van der Waals surface area contributed by atoms with Crippen LogP contribution in [0.25, 0.3) is 0 Å². The molecular weight excluding hydrogens is 516 g/mol. The normalized spacial score (nSPS) is 19.9. The first-order valence-electron chi connectivity index (χ1n) is 10.7. The second-order valence-electron chi connectivity index (χ2n) is 8.36. The van der Waals surface area contributed by atoms with Crippen LogP contribution in [-0.2, 0) is 16.2 Å². The fraction of sp³-hybridized carbons (Fsp3) is 0.455. The van der Waals surface area contributed by atoms with Gasteiger partial charge in [-0.15, -0.1) is 0 Å². The largest absolute Gasteiger partial charge is 0.486 e. The van der Waals surface area contributed by atoms with Crippen molar-refractivity contribution in [2.45, 2.75) is 30.0 Å². The number of nitrogens with zero attached hydrogens (tertiary/aromatic N) is 1. The summed E-state index contributed by atoms with van der Waals surface area (Å²) in [7, 11) is -3.79. The van der Waals surface area contributed by atoms with Crippen LogP contribution < -0.4 is 14.2 Å². The minimum absolute atomic E-state index is 0.00915. The zero-order chi connectivity index (χ0) is 24.5. The van der Waals surface area contributed by atoms with Crippen molar-refractivity contribution < 1.29 is 31.1 Å². The van der Waals surface area contributed by atoms with Crippen LogP contribution in [0, 0.1) is 5.92 Å². The Hall–Kier alpha value is -1.72. The number of halogens is 5. The molecule has 1 fully saturated rings. The highest BCUT2D eigenvalue weighted by Crippen LogP contribution is 2.38. The quantitative estimate of drug-likeness (QED) is 0.569. The standard InChI is InChI=1S/C22H23Cl2F3N2O4S/c23-17-2-1-3-20(21(17)24)34(30,31)28-11-14-6-8-29(9-7-14)12-16-13-32-18-5-4-15(22(25,26)27)10-19(18)33-16/h1-5,10,14,16,28H,6-9,11-13H2. The van der Waals surface area contributed by atoms with Crippen molar-refractivity contribution in [3.8, 4) is 11.5 Å². The fourth-order valence-electron chi connectivity index (χ4n) is 4.04. The molecule has 0 aliphatic carbocycles. The molecule has 0 spiro atoms. The summed E-state index contributed by atoms with van der Waals surface area (Å²) in [5.74, 6) is 0.535. The van der Waals surface area contributed by atoms with Crippen LogP contribution in [0.5, 0.6) is 11.5 Å². The second-order valence-corrected chi connectivity index (χ2v) is 10.9. The average molecular weight is 539 g/mol. The predicted molar refractivity (Wildman–Crippen MR) is 122 cm³/mol. The molecule has 34 heavy (non-hydrogen) atoms. The van der Waals surface area contributed by atoms with Crippen molar-refractivity contribution in [3.63, 3.8) is 0 Å². The molecule has 2 aromatic rings. The summed E-state index contributed by atoms with van der Waals surface area (Å²) >= 11 is 12.0. The number of sulfonamides is 1. The maximum absolute atomic E-state index is 13.0. The summed E-state index contributed by atoms with van der Waals surface area (Å²) in [6.07, 6.45) is -3.33. The van der Waals surface area contributed by atoms with Crippen LogP contribution in [-0.4, -0.2) is 52.2 Å². The molecule has 0 bridgehead atoms. The molecule has 1 saturated heterocycles. The van der Waals surface area contributed by atoms with Crippen molar-refractivity contribution in [1.82, 2.24) is 9.62 Å². The van der Waals surface area contributed by atoms with E-state index in [2.05, 4.69) is 9.62 Å². The molecule has 1 unspecified atom stereocenters. The Balaban J connectivity index is 1.27. The van der Waals surface area contributed by atoms with Crippen LogP contribution in [0.2, 0.25) is 10.0 Å². The third-order valence-electron chi connectivity index (χ3n) is 5.93. The Labute approximate surface area is 206 Å². The Morgan fingerprint density at radius 2 is 1.82 bits per heavy atom. The third kappa shape index (κ3) is 5.91. The monoisotopic (exact) mass is 538 g/mol. The number of nitrogens with one attached hydrogen (secondary N) is 1. The van der Waals surface area contributed by atoms with Crippen molar-refractivity contribution in [3.05, 3.63) is 52.0 Å². The smallest absolute Gasteiger partial charge is 0.416 e. The van der Waals surface area contributed by atoms with Crippen LogP contribution in [0.4, 0.5) is 13.2 Å². The number of ether oxygens (including phenoxy) is 2. The lowest BCUT2D eigenvalue weighted by Crippen LogP contribution is -2.45. The molecule has 1 atom stereocenters.